The van der Waals surface area contributed by atoms with Crippen molar-refractivity contribution in [1.29, 1.82) is 0 Å². The van der Waals surface area contributed by atoms with E-state index < -0.39 is 0 Å². The Kier molecular flexibility index (Phi) is 5.09. The minimum Gasteiger partial charge on any atom is -0.494 e. The molecule has 1 aliphatic heterocycles. The maximum atomic E-state index is 13.3. The lowest BCUT2D eigenvalue weighted by Gasteiger charge is -2.20. The van der Waals surface area contributed by atoms with Crippen LogP contribution in [0.25, 0.3) is 10.4 Å². The van der Waals surface area contributed by atoms with Gasteiger partial charge in [0.05, 0.1) is 11.5 Å². The zero-order valence-electron chi connectivity index (χ0n) is 16.3. The van der Waals surface area contributed by atoms with Gasteiger partial charge < -0.3 is 14.4 Å². The van der Waals surface area contributed by atoms with E-state index in [-0.39, 0.29) is 5.91 Å². The van der Waals surface area contributed by atoms with Gasteiger partial charge in [-0.1, -0.05) is 12.1 Å². The highest BCUT2D eigenvalue weighted by molar-refractivity contribution is 7.17. The molecule has 0 aliphatic carbocycles. The number of carbonyl (C=O) groups is 1. The standard InChI is InChI=1S/C23H23NO3S/c1-4-24(17-9-11-18(12-10-17)26-5-2)23(25)20-13-16-14-27-19-8-6-7-15(3)21(19)22(16)28-20/h6-13H,4-5,14H2,1-3H3. The van der Waals surface area contributed by atoms with Crippen molar-refractivity contribution in [1.82, 2.24) is 0 Å². The normalized spacial score (nSPS) is 12.0. The Hall–Kier alpha value is -2.79. The summed E-state index contributed by atoms with van der Waals surface area (Å²) in [7, 11) is 0. The van der Waals surface area contributed by atoms with Crippen LogP contribution in [0.3, 0.4) is 0 Å². The first-order chi connectivity index (χ1) is 13.6. The fourth-order valence-electron chi connectivity index (χ4n) is 3.53. The molecule has 144 valence electrons. The minimum absolute atomic E-state index is 0.0150. The number of hydrogen-bond donors (Lipinski definition) is 0. The van der Waals surface area contributed by atoms with Crippen molar-refractivity contribution in [2.45, 2.75) is 27.4 Å². The minimum atomic E-state index is 0.0150. The summed E-state index contributed by atoms with van der Waals surface area (Å²) < 4.78 is 11.4. The topological polar surface area (TPSA) is 38.8 Å². The van der Waals surface area contributed by atoms with Crippen LogP contribution in [0.15, 0.2) is 48.5 Å². The van der Waals surface area contributed by atoms with Crippen LogP contribution in [0.2, 0.25) is 0 Å². The second kappa shape index (κ2) is 7.68. The highest BCUT2D eigenvalue weighted by atomic mass is 32.1. The number of anilines is 1. The number of carbonyl (C=O) groups excluding carboxylic acids is 1. The average Bonchev–Trinajstić information content (AvgIpc) is 3.14. The summed E-state index contributed by atoms with van der Waals surface area (Å²) in [5.74, 6) is 1.72. The molecule has 2 heterocycles. The SMILES string of the molecule is CCOc1ccc(N(CC)C(=O)c2cc3c(s2)-c2c(C)cccc2OC3)cc1. The van der Waals surface area contributed by atoms with Gasteiger partial charge in [0.15, 0.2) is 0 Å². The Labute approximate surface area is 169 Å². The summed E-state index contributed by atoms with van der Waals surface area (Å²) in [6.07, 6.45) is 0. The largest absolute Gasteiger partial charge is 0.494 e. The van der Waals surface area contributed by atoms with Crippen LogP contribution in [0, 0.1) is 6.92 Å². The molecule has 0 saturated carbocycles. The van der Waals surface area contributed by atoms with E-state index in [9.17, 15) is 4.79 Å². The molecule has 2 aromatic carbocycles. The number of thiophene rings is 1. The van der Waals surface area contributed by atoms with Gasteiger partial charge in [-0.3, -0.25) is 4.79 Å². The first-order valence-corrected chi connectivity index (χ1v) is 10.3. The monoisotopic (exact) mass is 393 g/mol. The predicted molar refractivity (Wildman–Crippen MR) is 114 cm³/mol. The molecule has 0 radical (unpaired) electrons. The maximum Gasteiger partial charge on any atom is 0.268 e. The van der Waals surface area contributed by atoms with Gasteiger partial charge in [0.25, 0.3) is 5.91 Å². The molecular formula is C23H23NO3S. The second-order valence-electron chi connectivity index (χ2n) is 6.68. The average molecular weight is 394 g/mol. The number of aryl methyl sites for hydroxylation is 1. The maximum absolute atomic E-state index is 13.3. The molecule has 5 heteroatoms. The molecule has 4 rings (SSSR count). The van der Waals surface area contributed by atoms with E-state index in [1.807, 2.05) is 56.3 Å². The van der Waals surface area contributed by atoms with E-state index in [1.165, 1.54) is 0 Å². The molecule has 0 atom stereocenters. The van der Waals surface area contributed by atoms with E-state index in [4.69, 9.17) is 9.47 Å². The third-order valence-electron chi connectivity index (χ3n) is 4.89. The molecule has 0 fully saturated rings. The number of rotatable bonds is 5. The molecule has 4 nitrogen and oxygen atoms in total. The van der Waals surface area contributed by atoms with Crippen molar-refractivity contribution in [3.63, 3.8) is 0 Å². The smallest absolute Gasteiger partial charge is 0.268 e. The quantitative estimate of drug-likeness (QED) is 0.560. The van der Waals surface area contributed by atoms with E-state index >= 15 is 0 Å². The summed E-state index contributed by atoms with van der Waals surface area (Å²) in [6, 6.07) is 15.7. The molecule has 1 aliphatic rings. The van der Waals surface area contributed by atoms with Gasteiger partial charge >= 0.3 is 0 Å². The van der Waals surface area contributed by atoms with Gasteiger partial charge in [-0.25, -0.2) is 0 Å². The third kappa shape index (κ3) is 3.27. The molecule has 0 spiro atoms. The molecular weight excluding hydrogens is 370 g/mol. The molecule has 28 heavy (non-hydrogen) atoms. The van der Waals surface area contributed by atoms with E-state index in [0.29, 0.717) is 19.8 Å². The Morgan fingerprint density at radius 3 is 2.68 bits per heavy atom. The fourth-order valence-corrected chi connectivity index (χ4v) is 4.76. The number of ether oxygens (including phenoxy) is 2. The summed E-state index contributed by atoms with van der Waals surface area (Å²) in [5, 5.41) is 0. The van der Waals surface area contributed by atoms with Crippen molar-refractivity contribution in [3.8, 4) is 21.9 Å². The van der Waals surface area contributed by atoms with E-state index in [0.717, 1.165) is 43.6 Å². The zero-order chi connectivity index (χ0) is 19.7. The van der Waals surface area contributed by atoms with Crippen molar-refractivity contribution in [2.24, 2.45) is 0 Å². The summed E-state index contributed by atoms with van der Waals surface area (Å²) >= 11 is 1.55. The Balaban J connectivity index is 1.66. The molecule has 1 aromatic heterocycles. The van der Waals surface area contributed by atoms with Crippen molar-refractivity contribution in [3.05, 3.63) is 64.5 Å². The van der Waals surface area contributed by atoms with Gasteiger partial charge in [-0.05, 0) is 62.7 Å². The Morgan fingerprint density at radius 1 is 1.18 bits per heavy atom. The summed E-state index contributed by atoms with van der Waals surface area (Å²) in [5.41, 5.74) is 4.23. The van der Waals surface area contributed by atoms with Crippen LogP contribution in [-0.4, -0.2) is 19.1 Å². The van der Waals surface area contributed by atoms with Gasteiger partial charge in [0.2, 0.25) is 0 Å². The molecule has 1 amide bonds. The lowest BCUT2D eigenvalue weighted by atomic mass is 10.0. The molecule has 0 bridgehead atoms. The molecule has 3 aromatic rings. The van der Waals surface area contributed by atoms with Crippen LogP contribution in [0.1, 0.15) is 34.6 Å². The highest BCUT2D eigenvalue weighted by Crippen LogP contribution is 2.44. The number of nitrogens with zero attached hydrogens (tertiary/aromatic N) is 1. The van der Waals surface area contributed by atoms with Crippen molar-refractivity contribution in [2.75, 3.05) is 18.1 Å². The predicted octanol–water partition coefficient (Wildman–Crippen LogP) is 5.68. The van der Waals surface area contributed by atoms with Crippen LogP contribution in [0.4, 0.5) is 5.69 Å². The Bertz CT molecular complexity index is 1010. The van der Waals surface area contributed by atoms with Gasteiger partial charge in [0, 0.05) is 28.2 Å². The fraction of sp³-hybridized carbons (Fsp3) is 0.261. The Morgan fingerprint density at radius 2 is 1.96 bits per heavy atom. The first-order valence-electron chi connectivity index (χ1n) is 9.52. The first kappa shape index (κ1) is 18.6. The molecule has 0 unspecified atom stereocenters. The lowest BCUT2D eigenvalue weighted by Crippen LogP contribution is -2.29. The van der Waals surface area contributed by atoms with Crippen molar-refractivity contribution < 1.29 is 14.3 Å². The van der Waals surface area contributed by atoms with Gasteiger partial charge in [-0.15, -0.1) is 11.3 Å². The van der Waals surface area contributed by atoms with Gasteiger partial charge in [-0.2, -0.15) is 0 Å². The lowest BCUT2D eigenvalue weighted by molar-refractivity contribution is 0.0992. The van der Waals surface area contributed by atoms with Crippen LogP contribution in [-0.2, 0) is 6.61 Å². The number of hydrogen-bond acceptors (Lipinski definition) is 4. The highest BCUT2D eigenvalue weighted by Gasteiger charge is 2.26. The van der Waals surface area contributed by atoms with E-state index in [2.05, 4.69) is 13.0 Å². The number of benzene rings is 2. The zero-order valence-corrected chi connectivity index (χ0v) is 17.1. The number of amides is 1. The van der Waals surface area contributed by atoms with E-state index in [1.54, 1.807) is 16.2 Å². The number of fused-ring (bicyclic) bond motifs is 3. The third-order valence-corrected chi connectivity index (χ3v) is 6.07. The molecule has 0 saturated heterocycles. The van der Waals surface area contributed by atoms with Crippen molar-refractivity contribution >= 4 is 22.9 Å². The summed E-state index contributed by atoms with van der Waals surface area (Å²) in [6.45, 7) is 7.75. The second-order valence-corrected chi connectivity index (χ2v) is 7.73. The molecule has 0 N–H and O–H groups in total. The summed E-state index contributed by atoms with van der Waals surface area (Å²) in [4.78, 5) is 16.9. The van der Waals surface area contributed by atoms with Crippen LogP contribution in [0.5, 0.6) is 11.5 Å². The van der Waals surface area contributed by atoms with Crippen LogP contribution < -0.4 is 14.4 Å². The van der Waals surface area contributed by atoms with Gasteiger partial charge in [0.1, 0.15) is 18.1 Å². The van der Waals surface area contributed by atoms with Crippen LogP contribution >= 0.6 is 11.3 Å².